The quantitative estimate of drug-likeness (QED) is 0.888. The van der Waals surface area contributed by atoms with Gasteiger partial charge in [-0.05, 0) is 35.7 Å². The molecule has 0 saturated heterocycles. The number of hydrogen-bond acceptors (Lipinski definition) is 5. The molecule has 5 nitrogen and oxygen atoms in total. The number of hydrogen-bond donors (Lipinski definition) is 2. The Morgan fingerprint density at radius 2 is 2.16 bits per heavy atom. The van der Waals surface area contributed by atoms with Crippen molar-refractivity contribution in [1.82, 2.24) is 9.97 Å². The predicted molar refractivity (Wildman–Crippen MR) is 80.6 cm³/mol. The first-order chi connectivity index (χ1) is 9.15. The third kappa shape index (κ3) is 3.17. The topological polar surface area (TPSA) is 61.3 Å². The lowest BCUT2D eigenvalue weighted by Crippen LogP contribution is -2.44. The smallest absolute Gasteiger partial charge is 0.148 e. The van der Waals surface area contributed by atoms with Crippen LogP contribution in [0, 0.1) is 0 Å². The van der Waals surface area contributed by atoms with Gasteiger partial charge in [-0.1, -0.05) is 12.8 Å². The van der Waals surface area contributed by atoms with Gasteiger partial charge in [-0.3, -0.25) is 0 Å². The van der Waals surface area contributed by atoms with Crippen molar-refractivity contribution < 1.29 is 5.11 Å². The molecule has 1 heterocycles. The standard InChI is InChI=1S/C13H21BrN4O/c1-3-15-12-11(14)13(17-8-16-12)18(2)9-6-4-5-7-10(9)19/h8-10,19H,3-7H2,1-2H3,(H,15,16,17). The maximum Gasteiger partial charge on any atom is 0.148 e. The van der Waals surface area contributed by atoms with Gasteiger partial charge in [-0.15, -0.1) is 0 Å². The fourth-order valence-corrected chi connectivity index (χ4v) is 3.22. The normalized spacial score (nSPS) is 23.2. The van der Waals surface area contributed by atoms with E-state index in [1.165, 1.54) is 0 Å². The van der Waals surface area contributed by atoms with E-state index in [4.69, 9.17) is 0 Å². The monoisotopic (exact) mass is 328 g/mol. The van der Waals surface area contributed by atoms with Crippen LogP contribution in [0.1, 0.15) is 32.6 Å². The molecule has 0 bridgehead atoms. The van der Waals surface area contributed by atoms with Crippen molar-refractivity contribution >= 4 is 27.6 Å². The minimum absolute atomic E-state index is 0.134. The summed E-state index contributed by atoms with van der Waals surface area (Å²) in [4.78, 5) is 10.6. The van der Waals surface area contributed by atoms with Crippen LogP contribution in [-0.2, 0) is 0 Å². The number of aliphatic hydroxyl groups excluding tert-OH is 1. The van der Waals surface area contributed by atoms with Gasteiger partial charge in [-0.25, -0.2) is 9.97 Å². The first-order valence-electron chi connectivity index (χ1n) is 6.80. The summed E-state index contributed by atoms with van der Waals surface area (Å²) < 4.78 is 0.858. The van der Waals surface area contributed by atoms with Crippen LogP contribution in [0.15, 0.2) is 10.8 Å². The van der Waals surface area contributed by atoms with Gasteiger partial charge in [0, 0.05) is 13.6 Å². The summed E-state index contributed by atoms with van der Waals surface area (Å²) in [6.45, 7) is 2.84. The van der Waals surface area contributed by atoms with Crippen LogP contribution in [0.25, 0.3) is 0 Å². The predicted octanol–water partition coefficient (Wildman–Crippen LogP) is 2.41. The summed E-state index contributed by atoms with van der Waals surface area (Å²) in [7, 11) is 1.99. The van der Waals surface area contributed by atoms with Crippen LogP contribution < -0.4 is 10.2 Å². The average Bonchev–Trinajstić information content (AvgIpc) is 2.41. The molecule has 1 fully saturated rings. The number of aromatic nitrogens is 2. The summed E-state index contributed by atoms with van der Waals surface area (Å²) in [5.74, 6) is 1.63. The number of nitrogens with zero attached hydrogens (tertiary/aromatic N) is 3. The highest BCUT2D eigenvalue weighted by Gasteiger charge is 2.28. The highest BCUT2D eigenvalue weighted by atomic mass is 79.9. The molecule has 2 rings (SSSR count). The minimum Gasteiger partial charge on any atom is -0.391 e. The van der Waals surface area contributed by atoms with Crippen molar-refractivity contribution in [3.63, 3.8) is 0 Å². The molecular formula is C13H21BrN4O. The zero-order valence-corrected chi connectivity index (χ0v) is 13.0. The molecule has 1 aliphatic carbocycles. The van der Waals surface area contributed by atoms with Crippen LogP contribution in [0.3, 0.4) is 0 Å². The van der Waals surface area contributed by atoms with Gasteiger partial charge in [0.2, 0.25) is 0 Å². The van der Waals surface area contributed by atoms with Gasteiger partial charge in [0.05, 0.1) is 12.1 Å². The molecule has 2 unspecified atom stereocenters. The molecule has 2 N–H and O–H groups in total. The number of nitrogens with one attached hydrogen (secondary N) is 1. The van der Waals surface area contributed by atoms with E-state index in [0.29, 0.717) is 0 Å². The summed E-state index contributed by atoms with van der Waals surface area (Å²) in [5.41, 5.74) is 0. The van der Waals surface area contributed by atoms with E-state index in [1.807, 2.05) is 14.0 Å². The highest BCUT2D eigenvalue weighted by molar-refractivity contribution is 9.10. The second kappa shape index (κ2) is 6.52. The largest absolute Gasteiger partial charge is 0.391 e. The Morgan fingerprint density at radius 1 is 1.42 bits per heavy atom. The van der Waals surface area contributed by atoms with Crippen molar-refractivity contribution in [1.29, 1.82) is 0 Å². The number of aliphatic hydroxyl groups is 1. The second-order valence-electron chi connectivity index (χ2n) is 4.92. The Morgan fingerprint density at radius 3 is 2.84 bits per heavy atom. The van der Waals surface area contributed by atoms with Crippen LogP contribution in [0.5, 0.6) is 0 Å². The minimum atomic E-state index is -0.275. The molecule has 0 amide bonds. The van der Waals surface area contributed by atoms with Gasteiger partial charge in [0.1, 0.15) is 22.4 Å². The molecule has 0 spiro atoms. The third-order valence-corrected chi connectivity index (χ3v) is 4.37. The molecule has 2 atom stereocenters. The molecular weight excluding hydrogens is 308 g/mol. The van der Waals surface area contributed by atoms with E-state index in [1.54, 1.807) is 6.33 Å². The second-order valence-corrected chi connectivity index (χ2v) is 5.71. The third-order valence-electron chi connectivity index (χ3n) is 3.64. The fourth-order valence-electron chi connectivity index (χ4n) is 2.60. The number of rotatable bonds is 4. The molecule has 1 aliphatic rings. The van der Waals surface area contributed by atoms with Gasteiger partial charge < -0.3 is 15.3 Å². The van der Waals surface area contributed by atoms with Gasteiger partial charge >= 0.3 is 0 Å². The van der Waals surface area contributed by atoms with E-state index in [9.17, 15) is 5.11 Å². The van der Waals surface area contributed by atoms with Crippen molar-refractivity contribution in [2.45, 2.75) is 44.8 Å². The van der Waals surface area contributed by atoms with Gasteiger partial charge in [0.25, 0.3) is 0 Å². The number of anilines is 2. The van der Waals surface area contributed by atoms with Crippen LogP contribution >= 0.6 is 15.9 Å². The summed E-state index contributed by atoms with van der Waals surface area (Å²) in [6, 6.07) is 0.134. The number of halogens is 1. The van der Waals surface area contributed by atoms with Crippen molar-refractivity contribution in [2.75, 3.05) is 23.8 Å². The van der Waals surface area contributed by atoms with Crippen LogP contribution in [0.2, 0.25) is 0 Å². The maximum absolute atomic E-state index is 10.1. The van der Waals surface area contributed by atoms with E-state index < -0.39 is 0 Å². The molecule has 1 aromatic rings. The summed E-state index contributed by atoms with van der Waals surface area (Å²) in [6.07, 6.45) is 5.43. The van der Waals surface area contributed by atoms with E-state index >= 15 is 0 Å². The molecule has 1 saturated carbocycles. The Bertz CT molecular complexity index is 429. The van der Waals surface area contributed by atoms with Crippen LogP contribution in [-0.4, -0.2) is 40.8 Å². The first-order valence-corrected chi connectivity index (χ1v) is 7.59. The Hall–Kier alpha value is -0.880. The fraction of sp³-hybridized carbons (Fsp3) is 0.692. The zero-order chi connectivity index (χ0) is 13.8. The van der Waals surface area contributed by atoms with E-state index in [2.05, 4.69) is 36.1 Å². The molecule has 1 aromatic heterocycles. The lowest BCUT2D eigenvalue weighted by Gasteiger charge is -2.36. The van der Waals surface area contributed by atoms with Crippen molar-refractivity contribution in [3.05, 3.63) is 10.8 Å². The summed E-state index contributed by atoms with van der Waals surface area (Å²) >= 11 is 3.56. The van der Waals surface area contributed by atoms with E-state index in [0.717, 1.165) is 48.3 Å². The van der Waals surface area contributed by atoms with E-state index in [-0.39, 0.29) is 12.1 Å². The van der Waals surface area contributed by atoms with Crippen molar-refractivity contribution in [2.24, 2.45) is 0 Å². The Labute approximate surface area is 122 Å². The molecule has 0 aliphatic heterocycles. The molecule has 0 aromatic carbocycles. The first kappa shape index (κ1) is 14.5. The molecule has 0 radical (unpaired) electrons. The average molecular weight is 329 g/mol. The molecule has 6 heteroatoms. The zero-order valence-electron chi connectivity index (χ0n) is 11.4. The SMILES string of the molecule is CCNc1ncnc(N(C)C2CCCCC2O)c1Br. The van der Waals surface area contributed by atoms with Crippen molar-refractivity contribution in [3.8, 4) is 0 Å². The van der Waals surface area contributed by atoms with Crippen LogP contribution in [0.4, 0.5) is 11.6 Å². The highest BCUT2D eigenvalue weighted by Crippen LogP contribution is 2.32. The lowest BCUT2D eigenvalue weighted by atomic mass is 9.91. The maximum atomic E-state index is 10.1. The molecule has 106 valence electrons. The number of likely N-dealkylation sites (N-methyl/N-ethyl adjacent to an activating group) is 1. The van der Waals surface area contributed by atoms with Gasteiger partial charge in [-0.2, -0.15) is 0 Å². The Kier molecular flexibility index (Phi) is 4.99. The van der Waals surface area contributed by atoms with Gasteiger partial charge in [0.15, 0.2) is 0 Å². The summed E-state index contributed by atoms with van der Waals surface area (Å²) in [5, 5.41) is 13.3. The molecule has 19 heavy (non-hydrogen) atoms. The lowest BCUT2D eigenvalue weighted by molar-refractivity contribution is 0.106. The Balaban J connectivity index is 2.22.